The maximum absolute atomic E-state index is 2.31. The van der Waals surface area contributed by atoms with Crippen molar-refractivity contribution in [2.24, 2.45) is 17.8 Å². The summed E-state index contributed by atoms with van der Waals surface area (Å²) in [6.07, 6.45) is 53.9. The predicted octanol–water partition coefficient (Wildman–Crippen LogP) is 16.0. The highest BCUT2D eigenvalue weighted by Gasteiger charge is 2.10. The van der Waals surface area contributed by atoms with Crippen LogP contribution >= 0.6 is 0 Å². The quantitative estimate of drug-likeness (QED) is 0.264. The Morgan fingerprint density at radius 3 is 0.238 bits per heavy atom. The van der Waals surface area contributed by atoms with E-state index in [-0.39, 0.29) is 0 Å². The van der Waals surface area contributed by atoms with Crippen LogP contribution in [0.25, 0.3) is 0 Å². The predicted molar refractivity (Wildman–Crippen MR) is 194 cm³/mol. The average molecular weight is 589 g/mol. The van der Waals surface area contributed by atoms with Gasteiger partial charge in [-0.3, -0.25) is 0 Å². The van der Waals surface area contributed by atoms with E-state index in [9.17, 15) is 0 Å². The minimum atomic E-state index is 1.06. The molecule has 252 valence electrons. The summed E-state index contributed by atoms with van der Waals surface area (Å²) >= 11 is 0. The first-order valence-electron chi connectivity index (χ1n) is 20.7. The van der Waals surface area contributed by atoms with Gasteiger partial charge in [-0.15, -0.1) is 0 Å². The Kier molecular flexibility index (Phi) is 30.9. The van der Waals surface area contributed by atoms with Gasteiger partial charge in [-0.25, -0.2) is 0 Å². The number of rotatable bonds is 0. The fraction of sp³-hybridized carbons (Fsp3) is 1.00. The van der Waals surface area contributed by atoms with Gasteiger partial charge in [0.1, 0.15) is 0 Å². The van der Waals surface area contributed by atoms with Crippen molar-refractivity contribution in [1.29, 1.82) is 0 Å². The van der Waals surface area contributed by atoms with E-state index in [0.29, 0.717) is 0 Å². The van der Waals surface area contributed by atoms with Crippen molar-refractivity contribution in [2.75, 3.05) is 0 Å². The highest BCUT2D eigenvalue weighted by Crippen LogP contribution is 2.25. The van der Waals surface area contributed by atoms with Crippen molar-refractivity contribution < 1.29 is 0 Å². The van der Waals surface area contributed by atoms with E-state index in [4.69, 9.17) is 0 Å². The molecule has 0 amide bonds. The smallest absolute Gasteiger partial charge is 0.0443 e. The van der Waals surface area contributed by atoms with Crippen molar-refractivity contribution in [3.63, 3.8) is 0 Å². The molecule has 0 spiro atoms. The van der Waals surface area contributed by atoms with Gasteiger partial charge in [0.2, 0.25) is 0 Å². The zero-order valence-electron chi connectivity index (χ0n) is 30.2. The molecule has 0 nitrogen and oxygen atoms in total. The summed E-state index contributed by atoms with van der Waals surface area (Å²) in [5.41, 5.74) is 0. The zero-order chi connectivity index (χ0) is 30.2. The molecule has 10 aliphatic rings. The molecule has 0 aromatic heterocycles. The molecule has 42 heavy (non-hydrogen) atoms. The molecule has 0 bridgehead atoms. The van der Waals surface area contributed by atoms with Gasteiger partial charge >= 0.3 is 0 Å². The van der Waals surface area contributed by atoms with Gasteiger partial charge in [-0.2, -0.15) is 0 Å². The van der Waals surface area contributed by atoms with Gasteiger partial charge in [0, 0.05) is 0 Å². The van der Waals surface area contributed by atoms with Crippen LogP contribution in [-0.4, -0.2) is 0 Å². The SMILES string of the molecule is C1CC1.C1CCC1.C1CCC1.C1CCC1.C1CCC1.C1CCC1.C1CCC1.CC1CCC1.CC1CCC1.CC1CCC1. The second-order valence-electron chi connectivity index (χ2n) is 15.7. The largest absolute Gasteiger partial charge is 0.0625 e. The molecule has 0 heteroatoms. The number of hydrogen-bond donors (Lipinski definition) is 0. The van der Waals surface area contributed by atoms with Crippen LogP contribution in [-0.2, 0) is 0 Å². The zero-order valence-corrected chi connectivity index (χ0v) is 30.2. The monoisotopic (exact) mass is 589 g/mol. The highest BCUT2D eigenvalue weighted by atomic mass is 14.2. The number of hydrogen-bond acceptors (Lipinski definition) is 0. The minimum Gasteiger partial charge on any atom is -0.0625 e. The molecule has 10 rings (SSSR count). The van der Waals surface area contributed by atoms with Gasteiger partial charge in [0.05, 0.1) is 0 Å². The topological polar surface area (TPSA) is 0 Å². The van der Waals surface area contributed by atoms with E-state index in [1.807, 2.05) is 0 Å². The van der Waals surface area contributed by atoms with Gasteiger partial charge in [-0.05, 0) is 17.8 Å². The van der Waals surface area contributed by atoms with Crippen molar-refractivity contribution >= 4 is 0 Å². The molecular formula is C42H84. The third kappa shape index (κ3) is 32.9. The molecule has 0 unspecified atom stereocenters. The lowest BCUT2D eigenvalue weighted by Gasteiger charge is -2.18. The first-order chi connectivity index (χ1) is 20.7. The van der Waals surface area contributed by atoms with Crippen molar-refractivity contribution in [3.8, 4) is 0 Å². The maximum Gasteiger partial charge on any atom is -0.0443 e. The molecule has 0 heterocycles. The molecule has 0 N–H and O–H groups in total. The Bertz CT molecular complexity index is 339. The van der Waals surface area contributed by atoms with Crippen molar-refractivity contribution in [3.05, 3.63) is 0 Å². The second-order valence-corrected chi connectivity index (χ2v) is 15.7. The summed E-state index contributed by atoms with van der Waals surface area (Å²) in [7, 11) is 0. The molecular weight excluding hydrogens is 504 g/mol. The highest BCUT2D eigenvalue weighted by molar-refractivity contribution is 4.63. The molecule has 10 aliphatic carbocycles. The molecule has 0 aromatic rings. The lowest BCUT2D eigenvalue weighted by atomic mass is 9.88. The van der Waals surface area contributed by atoms with Crippen molar-refractivity contribution in [2.45, 2.75) is 252 Å². The molecule has 10 saturated carbocycles. The van der Waals surface area contributed by atoms with Gasteiger partial charge < -0.3 is 0 Å². The average Bonchev–Trinajstić information content (AvgIpc) is 3.52. The van der Waals surface area contributed by atoms with E-state index in [2.05, 4.69) is 20.8 Å². The van der Waals surface area contributed by atoms with Crippen LogP contribution in [0.1, 0.15) is 252 Å². The maximum atomic E-state index is 2.31. The second kappa shape index (κ2) is 32.4. The fourth-order valence-electron chi connectivity index (χ4n) is 3.34. The van der Waals surface area contributed by atoms with Gasteiger partial charge in [-0.1, -0.05) is 252 Å². The summed E-state index contributed by atoms with van der Waals surface area (Å²) in [5.74, 6) is 3.19. The molecule has 10 fully saturated rings. The first kappa shape index (κ1) is 40.0. The van der Waals surface area contributed by atoms with Crippen LogP contribution in [0.5, 0.6) is 0 Å². The summed E-state index contributed by atoms with van der Waals surface area (Å²) in [5, 5.41) is 0. The van der Waals surface area contributed by atoms with Crippen molar-refractivity contribution in [1.82, 2.24) is 0 Å². The van der Waals surface area contributed by atoms with Crippen LogP contribution in [0.3, 0.4) is 0 Å². The lowest BCUT2D eigenvalue weighted by molar-refractivity contribution is 0.346. The standard InChI is InChI=1S/3C5H10.6C4H8.C3H6/c3*1-5-3-2-4-5;6*1-2-4-3-1;1-2-3-1/h3*5H,2-4H2,1H3;6*1-4H2;1-3H2. The molecule has 0 aliphatic heterocycles. The van der Waals surface area contributed by atoms with Crippen LogP contribution in [0, 0.1) is 17.8 Å². The Morgan fingerprint density at radius 2 is 0.238 bits per heavy atom. The van der Waals surface area contributed by atoms with Gasteiger partial charge in [0.25, 0.3) is 0 Å². The van der Waals surface area contributed by atoms with Crippen LogP contribution in [0.4, 0.5) is 0 Å². The molecule has 0 aromatic carbocycles. The third-order valence-corrected chi connectivity index (χ3v) is 10.5. The van der Waals surface area contributed by atoms with Gasteiger partial charge in [0.15, 0.2) is 0 Å². The summed E-state index contributed by atoms with van der Waals surface area (Å²) in [4.78, 5) is 0. The van der Waals surface area contributed by atoms with E-state index in [1.54, 1.807) is 0 Å². The van der Waals surface area contributed by atoms with E-state index in [1.165, 1.54) is 231 Å². The van der Waals surface area contributed by atoms with E-state index in [0.717, 1.165) is 17.8 Å². The first-order valence-corrected chi connectivity index (χ1v) is 20.7. The summed E-state index contributed by atoms with van der Waals surface area (Å²) in [6.45, 7) is 6.93. The molecule has 0 saturated heterocycles. The van der Waals surface area contributed by atoms with Crippen LogP contribution in [0.15, 0.2) is 0 Å². The normalized spacial score (nSPS) is 24.6. The molecule has 0 atom stereocenters. The minimum absolute atomic E-state index is 1.06. The Labute approximate surface area is 269 Å². The van der Waals surface area contributed by atoms with Crippen LogP contribution in [0.2, 0.25) is 0 Å². The fourth-order valence-corrected chi connectivity index (χ4v) is 3.34. The summed E-state index contributed by atoms with van der Waals surface area (Å²) in [6, 6.07) is 0. The third-order valence-electron chi connectivity index (χ3n) is 10.5. The molecule has 0 radical (unpaired) electrons. The lowest BCUT2D eigenvalue weighted by Crippen LogP contribution is -2.04. The van der Waals surface area contributed by atoms with Crippen LogP contribution < -0.4 is 0 Å². The van der Waals surface area contributed by atoms with E-state index < -0.39 is 0 Å². The summed E-state index contributed by atoms with van der Waals surface area (Å²) < 4.78 is 0. The Balaban J connectivity index is 0.000000234. The Morgan fingerprint density at radius 1 is 0.167 bits per heavy atom. The van der Waals surface area contributed by atoms with E-state index >= 15 is 0 Å². The Hall–Kier alpha value is 0.